The summed E-state index contributed by atoms with van der Waals surface area (Å²) in [4.78, 5) is 2.44. The van der Waals surface area contributed by atoms with Crippen LogP contribution in [-0.4, -0.2) is 4.98 Å². The van der Waals surface area contributed by atoms with E-state index < -0.39 is 17.6 Å². The number of nitrogens with one attached hydrogen (secondary N) is 1. The van der Waals surface area contributed by atoms with E-state index in [1.165, 1.54) is 12.3 Å². The van der Waals surface area contributed by atoms with Crippen molar-refractivity contribution < 1.29 is 17.6 Å². The minimum absolute atomic E-state index is 0.0844. The summed E-state index contributed by atoms with van der Waals surface area (Å²) in [5, 5.41) is 0.220. The van der Waals surface area contributed by atoms with Crippen molar-refractivity contribution in [3.05, 3.63) is 35.8 Å². The van der Waals surface area contributed by atoms with Crippen LogP contribution in [0.3, 0.4) is 0 Å². The van der Waals surface area contributed by atoms with Crippen molar-refractivity contribution in [2.45, 2.75) is 6.18 Å². The topological polar surface area (TPSA) is 15.8 Å². The van der Waals surface area contributed by atoms with Gasteiger partial charge in [0, 0.05) is 11.6 Å². The number of aromatic amines is 1. The second-order valence-electron chi connectivity index (χ2n) is 2.89. The Morgan fingerprint density at radius 2 is 1.86 bits per heavy atom. The quantitative estimate of drug-likeness (QED) is 0.632. The van der Waals surface area contributed by atoms with E-state index in [2.05, 4.69) is 4.98 Å². The molecule has 1 aromatic carbocycles. The summed E-state index contributed by atoms with van der Waals surface area (Å²) >= 11 is 0. The third-order valence-electron chi connectivity index (χ3n) is 1.93. The molecule has 0 aliphatic carbocycles. The van der Waals surface area contributed by atoms with Crippen LogP contribution in [0.15, 0.2) is 24.4 Å². The van der Waals surface area contributed by atoms with Crippen LogP contribution in [0.4, 0.5) is 17.6 Å². The van der Waals surface area contributed by atoms with Crippen molar-refractivity contribution in [1.29, 1.82) is 0 Å². The molecular weight excluding hydrogens is 198 g/mol. The molecule has 5 heteroatoms. The van der Waals surface area contributed by atoms with Crippen LogP contribution in [0.5, 0.6) is 0 Å². The molecule has 0 bridgehead atoms. The lowest BCUT2D eigenvalue weighted by Crippen LogP contribution is -2.06. The second kappa shape index (κ2) is 2.73. The van der Waals surface area contributed by atoms with Gasteiger partial charge in [-0.25, -0.2) is 4.39 Å². The molecule has 1 N–H and O–H groups in total. The molecule has 2 rings (SSSR count). The lowest BCUT2D eigenvalue weighted by Gasteiger charge is -2.07. The average molecular weight is 203 g/mol. The molecule has 0 aliphatic heterocycles. The van der Waals surface area contributed by atoms with Crippen molar-refractivity contribution in [3.63, 3.8) is 0 Å². The van der Waals surface area contributed by atoms with Gasteiger partial charge in [0.05, 0.1) is 11.1 Å². The van der Waals surface area contributed by atoms with Crippen molar-refractivity contribution in [2.75, 3.05) is 0 Å². The highest BCUT2D eigenvalue weighted by atomic mass is 19.4. The van der Waals surface area contributed by atoms with E-state index in [1.807, 2.05) is 0 Å². The maximum atomic E-state index is 12.8. The molecule has 0 fully saturated rings. The van der Waals surface area contributed by atoms with Gasteiger partial charge in [-0.2, -0.15) is 13.2 Å². The predicted octanol–water partition coefficient (Wildman–Crippen LogP) is 3.33. The molecule has 74 valence electrons. The molecule has 0 radical (unpaired) electrons. The highest BCUT2D eigenvalue weighted by molar-refractivity contribution is 5.83. The Kier molecular flexibility index (Phi) is 1.77. The number of alkyl halides is 3. The molecule has 0 amide bonds. The first-order valence-electron chi connectivity index (χ1n) is 3.82. The highest BCUT2D eigenvalue weighted by Crippen LogP contribution is 2.34. The summed E-state index contributed by atoms with van der Waals surface area (Å²) in [6.07, 6.45) is -3.19. The van der Waals surface area contributed by atoms with Gasteiger partial charge >= 0.3 is 6.18 Å². The summed E-state index contributed by atoms with van der Waals surface area (Å²) in [6.45, 7) is 0. The van der Waals surface area contributed by atoms with Crippen molar-refractivity contribution in [1.82, 2.24) is 4.98 Å². The lowest BCUT2D eigenvalue weighted by atomic mass is 10.1. The molecule has 1 heterocycles. The van der Waals surface area contributed by atoms with Crippen molar-refractivity contribution in [2.24, 2.45) is 0 Å². The minimum atomic E-state index is -4.54. The predicted molar refractivity (Wildman–Crippen MR) is 43.3 cm³/mol. The minimum Gasteiger partial charge on any atom is -0.361 e. The van der Waals surface area contributed by atoms with Gasteiger partial charge in [-0.15, -0.1) is 0 Å². The van der Waals surface area contributed by atoms with E-state index in [9.17, 15) is 17.6 Å². The van der Waals surface area contributed by atoms with Gasteiger partial charge in [0.25, 0.3) is 0 Å². The van der Waals surface area contributed by atoms with Crippen LogP contribution in [0.1, 0.15) is 5.56 Å². The normalized spacial score (nSPS) is 12.3. The second-order valence-corrected chi connectivity index (χ2v) is 2.89. The van der Waals surface area contributed by atoms with Crippen molar-refractivity contribution >= 4 is 10.9 Å². The van der Waals surface area contributed by atoms with E-state index in [1.54, 1.807) is 0 Å². The zero-order chi connectivity index (χ0) is 10.3. The summed E-state index contributed by atoms with van der Waals surface area (Å²) in [5.41, 5.74) is -1.06. The van der Waals surface area contributed by atoms with E-state index in [0.717, 1.165) is 6.07 Å². The number of fused-ring (bicyclic) bond motifs is 1. The standard InChI is InChI=1S/C9H5F4N/c10-6-3-5-1-2-14-8(5)7(4-6)9(11,12)13/h1-4,14H. The van der Waals surface area contributed by atoms with Gasteiger partial charge in [-0.1, -0.05) is 0 Å². The molecule has 0 saturated heterocycles. The Morgan fingerprint density at radius 3 is 2.50 bits per heavy atom. The fourth-order valence-electron chi connectivity index (χ4n) is 1.36. The number of rotatable bonds is 0. The van der Waals surface area contributed by atoms with Crippen LogP contribution >= 0.6 is 0 Å². The molecule has 1 nitrogen and oxygen atoms in total. The molecule has 0 aliphatic rings. The highest BCUT2D eigenvalue weighted by Gasteiger charge is 2.33. The molecule has 0 unspecified atom stereocenters. The third kappa shape index (κ3) is 1.34. The van der Waals surface area contributed by atoms with Crippen LogP contribution in [0, 0.1) is 5.82 Å². The summed E-state index contributed by atoms with van der Waals surface area (Å²) in [5.74, 6) is -0.885. The monoisotopic (exact) mass is 203 g/mol. The van der Waals surface area contributed by atoms with E-state index in [-0.39, 0.29) is 10.9 Å². The van der Waals surface area contributed by atoms with Gasteiger partial charge < -0.3 is 4.98 Å². The average Bonchev–Trinajstić information content (AvgIpc) is 2.47. The maximum Gasteiger partial charge on any atom is 0.418 e. The number of hydrogen-bond acceptors (Lipinski definition) is 0. The van der Waals surface area contributed by atoms with E-state index >= 15 is 0 Å². The van der Waals surface area contributed by atoms with Crippen LogP contribution in [-0.2, 0) is 6.18 Å². The molecule has 0 saturated carbocycles. The smallest absolute Gasteiger partial charge is 0.361 e. The van der Waals surface area contributed by atoms with Gasteiger partial charge in [-0.05, 0) is 18.2 Å². The summed E-state index contributed by atoms with van der Waals surface area (Å²) in [7, 11) is 0. The Balaban J connectivity index is 2.80. The fraction of sp³-hybridized carbons (Fsp3) is 0.111. The van der Waals surface area contributed by atoms with Gasteiger partial charge in [0.15, 0.2) is 0 Å². The number of hydrogen-bond donors (Lipinski definition) is 1. The van der Waals surface area contributed by atoms with E-state index in [4.69, 9.17) is 0 Å². The Morgan fingerprint density at radius 1 is 1.14 bits per heavy atom. The van der Waals surface area contributed by atoms with Gasteiger partial charge in [-0.3, -0.25) is 0 Å². The molecule has 1 aromatic heterocycles. The van der Waals surface area contributed by atoms with Crippen LogP contribution in [0.25, 0.3) is 10.9 Å². The Hall–Kier alpha value is -1.52. The summed E-state index contributed by atoms with van der Waals surface area (Å²) in [6, 6.07) is 2.94. The number of halogens is 4. The first-order valence-corrected chi connectivity index (χ1v) is 3.82. The first kappa shape index (κ1) is 9.05. The number of benzene rings is 1. The maximum absolute atomic E-state index is 12.8. The Labute approximate surface area is 76.3 Å². The largest absolute Gasteiger partial charge is 0.418 e. The fourth-order valence-corrected chi connectivity index (χ4v) is 1.36. The molecule has 0 atom stereocenters. The molecular formula is C9H5F4N. The van der Waals surface area contributed by atoms with Crippen LogP contribution < -0.4 is 0 Å². The van der Waals surface area contributed by atoms with Gasteiger partial charge in [0.2, 0.25) is 0 Å². The van der Waals surface area contributed by atoms with Crippen molar-refractivity contribution in [3.8, 4) is 0 Å². The third-order valence-corrected chi connectivity index (χ3v) is 1.93. The number of aromatic nitrogens is 1. The Bertz CT molecular complexity index is 469. The first-order chi connectivity index (χ1) is 6.48. The van der Waals surface area contributed by atoms with E-state index in [0.29, 0.717) is 6.07 Å². The van der Waals surface area contributed by atoms with Gasteiger partial charge in [0.1, 0.15) is 5.82 Å². The summed E-state index contributed by atoms with van der Waals surface area (Å²) < 4.78 is 50.0. The molecule has 2 aromatic rings. The zero-order valence-corrected chi connectivity index (χ0v) is 6.82. The molecule has 14 heavy (non-hydrogen) atoms. The van der Waals surface area contributed by atoms with Crippen LogP contribution in [0.2, 0.25) is 0 Å². The number of H-pyrrole nitrogens is 1. The SMILES string of the molecule is Fc1cc(C(F)(F)F)c2[nH]ccc2c1. The molecule has 0 spiro atoms. The lowest BCUT2D eigenvalue weighted by molar-refractivity contribution is -0.136. The zero-order valence-electron chi connectivity index (χ0n) is 6.82.